The molecule has 0 aliphatic heterocycles. The molecule has 0 aromatic carbocycles. The van der Waals surface area contributed by atoms with Crippen LogP contribution in [0.15, 0.2) is 16.9 Å². The molecule has 7 nitrogen and oxygen atoms in total. The van der Waals surface area contributed by atoms with Gasteiger partial charge in [0.1, 0.15) is 11.7 Å². The molecule has 0 aliphatic carbocycles. The summed E-state index contributed by atoms with van der Waals surface area (Å²) in [5.41, 5.74) is -0.339. The van der Waals surface area contributed by atoms with E-state index in [-0.39, 0.29) is 17.2 Å². The van der Waals surface area contributed by atoms with Crippen LogP contribution in [0.4, 0.5) is 0 Å². The lowest BCUT2D eigenvalue weighted by atomic mass is 10.0. The molecule has 0 bridgehead atoms. The molecule has 0 unspecified atom stereocenters. The van der Waals surface area contributed by atoms with Gasteiger partial charge in [-0.2, -0.15) is 5.10 Å². The third-order valence-electron chi connectivity index (χ3n) is 2.41. The number of nitrogens with zero attached hydrogens (tertiary/aromatic N) is 2. The van der Waals surface area contributed by atoms with E-state index in [1.54, 1.807) is 13.8 Å². The van der Waals surface area contributed by atoms with Gasteiger partial charge in [-0.25, -0.2) is 9.48 Å². The molecule has 1 aromatic rings. The average molecular weight is 253 g/mol. The highest BCUT2D eigenvalue weighted by atomic mass is 16.4. The molecule has 0 spiro atoms. The molecule has 1 amide bonds. The number of amides is 1. The number of carboxylic acid groups (broad SMARTS) is 1. The molecule has 0 aliphatic rings. The molecule has 2 N–H and O–H groups in total. The number of rotatable bonds is 4. The van der Waals surface area contributed by atoms with Crippen LogP contribution in [-0.2, 0) is 11.8 Å². The fraction of sp³-hybridized carbons (Fsp3) is 0.455. The van der Waals surface area contributed by atoms with Crippen molar-refractivity contribution in [1.82, 2.24) is 15.1 Å². The summed E-state index contributed by atoms with van der Waals surface area (Å²) in [4.78, 5) is 33.8. The summed E-state index contributed by atoms with van der Waals surface area (Å²) in [5.74, 6) is -1.98. The molecule has 0 radical (unpaired) electrons. The molecule has 18 heavy (non-hydrogen) atoms. The Kier molecular flexibility index (Phi) is 4.19. The molecular formula is C11H15N3O4. The van der Waals surface area contributed by atoms with Gasteiger partial charge < -0.3 is 10.4 Å². The number of carboxylic acids is 1. The van der Waals surface area contributed by atoms with Gasteiger partial charge in [-0.05, 0) is 12.0 Å². The minimum Gasteiger partial charge on any atom is -0.480 e. The Morgan fingerprint density at radius 3 is 2.44 bits per heavy atom. The summed E-state index contributed by atoms with van der Waals surface area (Å²) < 4.78 is 1.01. The minimum atomic E-state index is -1.11. The Morgan fingerprint density at radius 2 is 2.00 bits per heavy atom. The highest BCUT2D eigenvalue weighted by Crippen LogP contribution is 2.03. The minimum absolute atomic E-state index is 0.00370. The SMILES string of the molecule is CC(C)[C@@H](NC(=O)c1ccc(=O)n(C)n1)C(=O)O. The van der Waals surface area contributed by atoms with Crippen molar-refractivity contribution in [3.63, 3.8) is 0 Å². The summed E-state index contributed by atoms with van der Waals surface area (Å²) in [7, 11) is 1.41. The van der Waals surface area contributed by atoms with Crippen molar-refractivity contribution >= 4 is 11.9 Å². The van der Waals surface area contributed by atoms with Crippen molar-refractivity contribution in [1.29, 1.82) is 0 Å². The van der Waals surface area contributed by atoms with Crippen molar-refractivity contribution in [2.45, 2.75) is 19.9 Å². The van der Waals surface area contributed by atoms with E-state index in [1.807, 2.05) is 0 Å². The van der Waals surface area contributed by atoms with Crippen molar-refractivity contribution in [2.75, 3.05) is 0 Å². The number of hydrogen-bond donors (Lipinski definition) is 2. The van der Waals surface area contributed by atoms with E-state index in [0.717, 1.165) is 4.68 Å². The smallest absolute Gasteiger partial charge is 0.326 e. The molecule has 0 saturated heterocycles. The highest BCUT2D eigenvalue weighted by molar-refractivity contribution is 5.94. The third kappa shape index (κ3) is 3.16. The number of aliphatic carboxylic acids is 1. The molecule has 1 rings (SSSR count). The fourth-order valence-electron chi connectivity index (χ4n) is 1.35. The van der Waals surface area contributed by atoms with Gasteiger partial charge in [-0.3, -0.25) is 9.59 Å². The summed E-state index contributed by atoms with van der Waals surface area (Å²) in [6.45, 7) is 3.38. The molecule has 0 fully saturated rings. The summed E-state index contributed by atoms with van der Waals surface area (Å²) >= 11 is 0. The quantitative estimate of drug-likeness (QED) is 0.761. The Bertz CT molecular complexity index is 521. The molecule has 1 atom stereocenters. The van der Waals surface area contributed by atoms with Crippen LogP contribution in [0.5, 0.6) is 0 Å². The molecule has 1 heterocycles. The zero-order valence-corrected chi connectivity index (χ0v) is 10.4. The number of aryl methyl sites for hydroxylation is 1. The van der Waals surface area contributed by atoms with Crippen LogP contribution in [-0.4, -0.2) is 32.8 Å². The highest BCUT2D eigenvalue weighted by Gasteiger charge is 2.24. The van der Waals surface area contributed by atoms with Crippen LogP contribution in [0.25, 0.3) is 0 Å². The van der Waals surface area contributed by atoms with Crippen molar-refractivity contribution < 1.29 is 14.7 Å². The van der Waals surface area contributed by atoms with Gasteiger partial charge in [-0.1, -0.05) is 13.8 Å². The summed E-state index contributed by atoms with van der Waals surface area (Å²) in [6.07, 6.45) is 0. The molecular weight excluding hydrogens is 238 g/mol. The van der Waals surface area contributed by atoms with Crippen LogP contribution >= 0.6 is 0 Å². The van der Waals surface area contributed by atoms with Crippen molar-refractivity contribution in [3.05, 3.63) is 28.2 Å². The fourth-order valence-corrected chi connectivity index (χ4v) is 1.35. The predicted octanol–water partition coefficient (Wildman–Crippen LogP) is -0.381. The number of carbonyl (C=O) groups is 2. The maximum Gasteiger partial charge on any atom is 0.326 e. The van der Waals surface area contributed by atoms with E-state index in [9.17, 15) is 14.4 Å². The predicted molar refractivity (Wildman–Crippen MR) is 63.2 cm³/mol. The second kappa shape index (κ2) is 5.44. The number of aromatic nitrogens is 2. The molecule has 0 saturated carbocycles. The van der Waals surface area contributed by atoms with Gasteiger partial charge in [-0.15, -0.1) is 0 Å². The standard InChI is InChI=1S/C11H15N3O4/c1-6(2)9(11(17)18)12-10(16)7-4-5-8(15)14(3)13-7/h4-6,9H,1-3H3,(H,12,16)(H,17,18)/t9-/m1/s1. The van der Waals surface area contributed by atoms with E-state index < -0.39 is 17.9 Å². The third-order valence-corrected chi connectivity index (χ3v) is 2.41. The second-order valence-corrected chi connectivity index (χ2v) is 4.21. The number of carbonyl (C=O) groups excluding carboxylic acids is 1. The Hall–Kier alpha value is -2.18. The normalized spacial score (nSPS) is 12.2. The maximum atomic E-state index is 11.8. The Labute approximate surface area is 103 Å². The first-order valence-electron chi connectivity index (χ1n) is 5.41. The first kappa shape index (κ1) is 13.9. The van der Waals surface area contributed by atoms with Crippen LogP contribution in [0.1, 0.15) is 24.3 Å². The van der Waals surface area contributed by atoms with E-state index in [4.69, 9.17) is 5.11 Å². The first-order chi connectivity index (χ1) is 8.32. The second-order valence-electron chi connectivity index (χ2n) is 4.21. The topological polar surface area (TPSA) is 101 Å². The van der Waals surface area contributed by atoms with Gasteiger partial charge in [0.2, 0.25) is 0 Å². The summed E-state index contributed by atoms with van der Waals surface area (Å²) in [5, 5.41) is 15.1. The van der Waals surface area contributed by atoms with Crippen molar-refractivity contribution in [3.8, 4) is 0 Å². The largest absolute Gasteiger partial charge is 0.480 e. The zero-order chi connectivity index (χ0) is 13.9. The van der Waals surface area contributed by atoms with Gasteiger partial charge >= 0.3 is 5.97 Å². The van der Waals surface area contributed by atoms with Crippen LogP contribution in [0, 0.1) is 5.92 Å². The van der Waals surface area contributed by atoms with E-state index in [2.05, 4.69) is 10.4 Å². The van der Waals surface area contributed by atoms with E-state index >= 15 is 0 Å². The number of nitrogens with one attached hydrogen (secondary N) is 1. The monoisotopic (exact) mass is 253 g/mol. The Balaban J connectivity index is 2.90. The number of hydrogen-bond acceptors (Lipinski definition) is 4. The lowest BCUT2D eigenvalue weighted by molar-refractivity contribution is -0.140. The van der Waals surface area contributed by atoms with Crippen LogP contribution in [0.3, 0.4) is 0 Å². The lowest BCUT2D eigenvalue weighted by Crippen LogP contribution is -2.44. The molecule has 7 heteroatoms. The average Bonchev–Trinajstić information content (AvgIpc) is 2.28. The molecule has 1 aromatic heterocycles. The van der Waals surface area contributed by atoms with Gasteiger partial charge in [0.15, 0.2) is 0 Å². The van der Waals surface area contributed by atoms with Gasteiger partial charge in [0, 0.05) is 13.1 Å². The van der Waals surface area contributed by atoms with Crippen LogP contribution < -0.4 is 10.9 Å². The van der Waals surface area contributed by atoms with Crippen LogP contribution in [0.2, 0.25) is 0 Å². The maximum absolute atomic E-state index is 11.8. The van der Waals surface area contributed by atoms with E-state index in [0.29, 0.717) is 0 Å². The zero-order valence-electron chi connectivity index (χ0n) is 10.4. The first-order valence-corrected chi connectivity index (χ1v) is 5.41. The van der Waals surface area contributed by atoms with Gasteiger partial charge in [0.25, 0.3) is 11.5 Å². The summed E-state index contributed by atoms with van der Waals surface area (Å²) in [6, 6.07) is 1.47. The van der Waals surface area contributed by atoms with E-state index in [1.165, 1.54) is 19.2 Å². The molecule has 98 valence electrons. The van der Waals surface area contributed by atoms with Gasteiger partial charge in [0.05, 0.1) is 0 Å². The Morgan fingerprint density at radius 1 is 1.39 bits per heavy atom. The lowest BCUT2D eigenvalue weighted by Gasteiger charge is -2.17. The van der Waals surface area contributed by atoms with Crippen molar-refractivity contribution in [2.24, 2.45) is 13.0 Å².